The fraction of sp³-hybridized carbons (Fsp3) is 0.444. The third-order valence-corrected chi connectivity index (χ3v) is 2.19. The molecule has 0 aliphatic heterocycles. The highest BCUT2D eigenvalue weighted by Gasteiger charge is 2.03. The third kappa shape index (κ3) is 2.19. The van der Waals surface area contributed by atoms with Crippen LogP contribution in [0.1, 0.15) is 17.5 Å². The first-order chi connectivity index (χ1) is 5.75. The van der Waals surface area contributed by atoms with Crippen LogP contribution in [0.4, 0.5) is 0 Å². The number of pyridine rings is 1. The van der Waals surface area contributed by atoms with E-state index in [1.165, 1.54) is 5.56 Å². The number of nitrogens with zero attached hydrogens (tertiary/aromatic N) is 1. The standard InChI is InChI=1S/C9H13ClN2/c1-7-4-6-12-9(10)8(7)3-2-5-11/h4,6H,2-3,5,11H2,1H3. The van der Waals surface area contributed by atoms with Gasteiger partial charge in [-0.05, 0) is 43.5 Å². The van der Waals surface area contributed by atoms with Gasteiger partial charge in [-0.1, -0.05) is 11.6 Å². The Hall–Kier alpha value is -0.600. The molecule has 0 aliphatic rings. The van der Waals surface area contributed by atoms with Gasteiger partial charge in [-0.15, -0.1) is 0 Å². The minimum Gasteiger partial charge on any atom is -0.330 e. The predicted octanol–water partition coefficient (Wildman–Crippen LogP) is 1.93. The molecule has 0 aliphatic carbocycles. The molecule has 1 aromatic rings. The van der Waals surface area contributed by atoms with Crippen LogP contribution in [0.2, 0.25) is 5.15 Å². The van der Waals surface area contributed by atoms with E-state index >= 15 is 0 Å². The summed E-state index contributed by atoms with van der Waals surface area (Å²) in [5, 5.41) is 0.614. The van der Waals surface area contributed by atoms with E-state index in [-0.39, 0.29) is 0 Å². The van der Waals surface area contributed by atoms with Crippen LogP contribution in [0.25, 0.3) is 0 Å². The first kappa shape index (κ1) is 9.49. The average Bonchev–Trinajstić information content (AvgIpc) is 2.04. The second-order valence-corrected chi connectivity index (χ2v) is 3.15. The van der Waals surface area contributed by atoms with Crippen molar-refractivity contribution in [2.75, 3.05) is 6.54 Å². The molecule has 0 bridgehead atoms. The summed E-state index contributed by atoms with van der Waals surface area (Å²) in [6, 6.07) is 1.97. The van der Waals surface area contributed by atoms with Gasteiger partial charge in [-0.2, -0.15) is 0 Å². The molecule has 12 heavy (non-hydrogen) atoms. The van der Waals surface area contributed by atoms with Crippen LogP contribution < -0.4 is 5.73 Å². The van der Waals surface area contributed by atoms with E-state index in [2.05, 4.69) is 4.98 Å². The molecule has 0 fully saturated rings. The molecule has 0 unspecified atom stereocenters. The maximum absolute atomic E-state index is 5.91. The summed E-state index contributed by atoms with van der Waals surface area (Å²) >= 11 is 5.91. The highest BCUT2D eigenvalue weighted by atomic mass is 35.5. The van der Waals surface area contributed by atoms with Crippen LogP contribution in [0, 0.1) is 6.92 Å². The SMILES string of the molecule is Cc1ccnc(Cl)c1CCCN. The van der Waals surface area contributed by atoms with Crippen LogP contribution in [0.15, 0.2) is 12.3 Å². The maximum Gasteiger partial charge on any atom is 0.132 e. The molecular weight excluding hydrogens is 172 g/mol. The van der Waals surface area contributed by atoms with Gasteiger partial charge >= 0.3 is 0 Å². The summed E-state index contributed by atoms with van der Waals surface area (Å²) in [5.41, 5.74) is 7.74. The van der Waals surface area contributed by atoms with E-state index in [0.717, 1.165) is 18.4 Å². The monoisotopic (exact) mass is 184 g/mol. The van der Waals surface area contributed by atoms with E-state index in [1.807, 2.05) is 13.0 Å². The van der Waals surface area contributed by atoms with Gasteiger partial charge in [0.25, 0.3) is 0 Å². The van der Waals surface area contributed by atoms with E-state index in [0.29, 0.717) is 11.7 Å². The lowest BCUT2D eigenvalue weighted by atomic mass is 10.1. The van der Waals surface area contributed by atoms with Gasteiger partial charge in [0.15, 0.2) is 0 Å². The Balaban J connectivity index is 2.81. The first-order valence-corrected chi connectivity index (χ1v) is 4.43. The minimum absolute atomic E-state index is 0.614. The molecular formula is C9H13ClN2. The second-order valence-electron chi connectivity index (χ2n) is 2.79. The van der Waals surface area contributed by atoms with Crippen molar-refractivity contribution in [3.05, 3.63) is 28.5 Å². The highest BCUT2D eigenvalue weighted by Crippen LogP contribution is 2.17. The summed E-state index contributed by atoms with van der Waals surface area (Å²) in [5.74, 6) is 0. The van der Waals surface area contributed by atoms with Crippen molar-refractivity contribution in [2.45, 2.75) is 19.8 Å². The van der Waals surface area contributed by atoms with Gasteiger partial charge in [0.1, 0.15) is 5.15 Å². The quantitative estimate of drug-likeness (QED) is 0.730. The summed E-state index contributed by atoms with van der Waals surface area (Å²) < 4.78 is 0. The van der Waals surface area contributed by atoms with Crippen LogP contribution in [-0.4, -0.2) is 11.5 Å². The van der Waals surface area contributed by atoms with Crippen molar-refractivity contribution in [3.8, 4) is 0 Å². The number of hydrogen-bond acceptors (Lipinski definition) is 2. The Bertz CT molecular complexity index is 240. The zero-order valence-corrected chi connectivity index (χ0v) is 7.93. The minimum atomic E-state index is 0.614. The number of hydrogen-bond donors (Lipinski definition) is 1. The molecule has 2 nitrogen and oxygen atoms in total. The smallest absolute Gasteiger partial charge is 0.132 e. The number of aryl methyl sites for hydroxylation is 1. The van der Waals surface area contributed by atoms with E-state index in [4.69, 9.17) is 17.3 Å². The molecule has 0 amide bonds. The number of halogens is 1. The summed E-state index contributed by atoms with van der Waals surface area (Å²) in [6.45, 7) is 2.74. The van der Waals surface area contributed by atoms with Crippen LogP contribution in [0.5, 0.6) is 0 Å². The Morgan fingerprint density at radius 2 is 2.33 bits per heavy atom. The molecule has 0 atom stereocenters. The predicted molar refractivity (Wildman–Crippen MR) is 51.4 cm³/mol. The van der Waals surface area contributed by atoms with Crippen molar-refractivity contribution in [1.82, 2.24) is 4.98 Å². The molecule has 1 rings (SSSR count). The van der Waals surface area contributed by atoms with Gasteiger partial charge in [0.05, 0.1) is 0 Å². The van der Waals surface area contributed by atoms with Crippen molar-refractivity contribution in [3.63, 3.8) is 0 Å². The molecule has 0 saturated carbocycles. The molecule has 0 spiro atoms. The van der Waals surface area contributed by atoms with Gasteiger partial charge in [-0.25, -0.2) is 4.98 Å². The summed E-state index contributed by atoms with van der Waals surface area (Å²) in [6.07, 6.45) is 3.62. The fourth-order valence-electron chi connectivity index (χ4n) is 1.13. The topological polar surface area (TPSA) is 38.9 Å². The van der Waals surface area contributed by atoms with Gasteiger partial charge in [-0.3, -0.25) is 0 Å². The van der Waals surface area contributed by atoms with E-state index in [9.17, 15) is 0 Å². The summed E-state index contributed by atoms with van der Waals surface area (Å²) in [7, 11) is 0. The lowest BCUT2D eigenvalue weighted by Gasteiger charge is -2.05. The Morgan fingerprint density at radius 3 is 2.92 bits per heavy atom. The van der Waals surface area contributed by atoms with Crippen molar-refractivity contribution >= 4 is 11.6 Å². The van der Waals surface area contributed by atoms with Gasteiger partial charge in [0.2, 0.25) is 0 Å². The van der Waals surface area contributed by atoms with Crippen LogP contribution in [0.3, 0.4) is 0 Å². The highest BCUT2D eigenvalue weighted by molar-refractivity contribution is 6.30. The largest absolute Gasteiger partial charge is 0.330 e. The lowest BCUT2D eigenvalue weighted by Crippen LogP contribution is -2.02. The Labute approximate surface area is 77.8 Å². The van der Waals surface area contributed by atoms with Crippen molar-refractivity contribution in [1.29, 1.82) is 0 Å². The molecule has 0 aromatic carbocycles. The molecule has 2 N–H and O–H groups in total. The van der Waals surface area contributed by atoms with E-state index in [1.54, 1.807) is 6.20 Å². The third-order valence-electron chi connectivity index (χ3n) is 1.87. The zero-order valence-electron chi connectivity index (χ0n) is 7.18. The zero-order chi connectivity index (χ0) is 8.97. The van der Waals surface area contributed by atoms with E-state index < -0.39 is 0 Å². The average molecular weight is 185 g/mol. The lowest BCUT2D eigenvalue weighted by molar-refractivity contribution is 0.824. The van der Waals surface area contributed by atoms with Crippen LogP contribution >= 0.6 is 11.6 Å². The number of nitrogens with two attached hydrogens (primary N) is 1. The molecule has 0 saturated heterocycles. The number of rotatable bonds is 3. The Kier molecular flexibility index (Phi) is 3.50. The maximum atomic E-state index is 5.91. The van der Waals surface area contributed by atoms with Crippen molar-refractivity contribution in [2.24, 2.45) is 5.73 Å². The normalized spacial score (nSPS) is 10.2. The molecule has 1 aromatic heterocycles. The van der Waals surface area contributed by atoms with Crippen LogP contribution in [-0.2, 0) is 6.42 Å². The molecule has 1 heterocycles. The summed E-state index contributed by atoms with van der Waals surface area (Å²) in [4.78, 5) is 4.02. The van der Waals surface area contributed by atoms with Gasteiger partial charge < -0.3 is 5.73 Å². The Morgan fingerprint density at radius 1 is 1.58 bits per heavy atom. The molecule has 3 heteroatoms. The van der Waals surface area contributed by atoms with Crippen molar-refractivity contribution < 1.29 is 0 Å². The van der Waals surface area contributed by atoms with Gasteiger partial charge in [0, 0.05) is 6.20 Å². The molecule has 0 radical (unpaired) electrons. The first-order valence-electron chi connectivity index (χ1n) is 4.05. The second kappa shape index (κ2) is 4.43. The molecule has 66 valence electrons. The fourth-order valence-corrected chi connectivity index (χ4v) is 1.43. The number of aromatic nitrogens is 1.